The quantitative estimate of drug-likeness (QED) is 0.723. The van der Waals surface area contributed by atoms with Crippen LogP contribution in [-0.2, 0) is 0 Å². The minimum absolute atomic E-state index is 0.614. The van der Waals surface area contributed by atoms with Gasteiger partial charge in [0, 0.05) is 46.2 Å². The van der Waals surface area contributed by atoms with Crippen molar-refractivity contribution in [3.05, 3.63) is 54.6 Å². The molecule has 0 aliphatic rings. The molecule has 0 fully saturated rings. The van der Waals surface area contributed by atoms with Gasteiger partial charge in [0.25, 0.3) is 0 Å². The van der Waals surface area contributed by atoms with Crippen LogP contribution < -0.4 is 5.73 Å². The van der Waals surface area contributed by atoms with E-state index in [-0.39, 0.29) is 0 Å². The maximum absolute atomic E-state index is 7.33. The molecule has 0 radical (unpaired) electrons. The Morgan fingerprint density at radius 2 is 2.20 bits per heavy atom. The molecule has 0 saturated carbocycles. The van der Waals surface area contributed by atoms with Crippen LogP contribution >= 0.6 is 11.3 Å². The Balaban J connectivity index is 2.10. The van der Waals surface area contributed by atoms with Gasteiger partial charge in [0.05, 0.1) is 5.69 Å². The highest BCUT2D eigenvalue weighted by molar-refractivity contribution is 7.21. The van der Waals surface area contributed by atoms with Crippen molar-refractivity contribution in [2.24, 2.45) is 5.73 Å². The number of fused-ring (bicyclic) bond motifs is 1. The summed E-state index contributed by atoms with van der Waals surface area (Å²) in [5.41, 5.74) is 7.91. The molecule has 3 rings (SSSR count). The number of rotatable bonds is 3. The van der Waals surface area contributed by atoms with Gasteiger partial charge in [-0.2, -0.15) is 0 Å². The van der Waals surface area contributed by atoms with Crippen LogP contribution in [0.2, 0.25) is 0 Å². The van der Waals surface area contributed by atoms with Gasteiger partial charge in [-0.1, -0.05) is 6.07 Å². The number of nitrogens with two attached hydrogens (primary N) is 1. The van der Waals surface area contributed by atoms with Crippen LogP contribution in [0.4, 0.5) is 0 Å². The fourth-order valence-corrected chi connectivity index (χ4v) is 2.96. The lowest BCUT2D eigenvalue weighted by atomic mass is 10.2. The molecule has 3 N–H and O–H groups in total. The Morgan fingerprint density at radius 1 is 1.30 bits per heavy atom. The van der Waals surface area contributed by atoms with Gasteiger partial charge in [0.2, 0.25) is 0 Å². The van der Waals surface area contributed by atoms with E-state index in [1.807, 2.05) is 30.5 Å². The van der Waals surface area contributed by atoms with Gasteiger partial charge in [-0.15, -0.1) is 11.3 Å². The third-order valence-corrected chi connectivity index (χ3v) is 4.05. The first-order valence-electron chi connectivity index (χ1n) is 6.05. The monoisotopic (exact) mass is 280 g/mol. The summed E-state index contributed by atoms with van der Waals surface area (Å²) >= 11 is 1.61. The first-order valence-corrected chi connectivity index (χ1v) is 6.87. The van der Waals surface area contributed by atoms with Crippen LogP contribution in [-0.4, -0.2) is 16.2 Å². The first-order chi connectivity index (χ1) is 9.81. The molecule has 0 aliphatic heterocycles. The molecule has 0 spiro atoms. The van der Waals surface area contributed by atoms with Crippen molar-refractivity contribution >= 4 is 33.3 Å². The minimum atomic E-state index is 0.614. The molecule has 20 heavy (non-hydrogen) atoms. The Kier molecular flexibility index (Phi) is 3.26. The van der Waals surface area contributed by atoms with Crippen molar-refractivity contribution in [2.75, 3.05) is 0 Å². The maximum atomic E-state index is 7.33. The largest absolute Gasteiger partial charge is 0.404 e. The molecule has 0 amide bonds. The molecule has 98 valence electrons. The summed E-state index contributed by atoms with van der Waals surface area (Å²) in [5.74, 6) is 0. The lowest BCUT2D eigenvalue weighted by Gasteiger charge is -1.98. The number of hydrogen-bond acceptors (Lipinski definition) is 5. The number of thiophene rings is 1. The van der Waals surface area contributed by atoms with E-state index >= 15 is 0 Å². The van der Waals surface area contributed by atoms with Gasteiger partial charge in [-0.05, 0) is 24.3 Å². The predicted molar refractivity (Wildman–Crippen MR) is 83.8 cm³/mol. The second-order valence-electron chi connectivity index (χ2n) is 4.21. The van der Waals surface area contributed by atoms with E-state index in [1.165, 1.54) is 12.4 Å². The summed E-state index contributed by atoms with van der Waals surface area (Å²) in [6.07, 6.45) is 6.21. The minimum Gasteiger partial charge on any atom is -0.404 e. The molecule has 0 saturated heterocycles. The molecule has 0 atom stereocenters. The normalized spacial score (nSPS) is 11.7. The Hall–Kier alpha value is -2.53. The van der Waals surface area contributed by atoms with Crippen molar-refractivity contribution in [3.8, 4) is 10.4 Å². The molecule has 0 bridgehead atoms. The summed E-state index contributed by atoms with van der Waals surface area (Å²) in [6, 6.07) is 9.93. The van der Waals surface area contributed by atoms with Gasteiger partial charge >= 0.3 is 0 Å². The summed E-state index contributed by atoms with van der Waals surface area (Å²) in [7, 11) is 0. The highest BCUT2D eigenvalue weighted by atomic mass is 32.1. The van der Waals surface area contributed by atoms with Crippen molar-refractivity contribution in [3.63, 3.8) is 0 Å². The van der Waals surface area contributed by atoms with Crippen molar-refractivity contribution in [1.82, 2.24) is 9.97 Å². The van der Waals surface area contributed by atoms with Crippen molar-refractivity contribution in [1.29, 1.82) is 5.41 Å². The summed E-state index contributed by atoms with van der Waals surface area (Å²) < 4.78 is 0. The van der Waals surface area contributed by atoms with Gasteiger partial charge in [0.15, 0.2) is 0 Å². The maximum Gasteiger partial charge on any atom is 0.124 e. The number of allylic oxidation sites excluding steroid dienone is 1. The standard InChI is InChI=1S/C15H12N4S/c16-7-12(8-17)13-4-3-10-6-14(20-15(10)19-13)11-2-1-5-18-9-11/h1-9,16H,17H2. The SMILES string of the molecule is N=CC(=CN)c1ccc2cc(-c3cccnc3)sc2n1. The Bertz CT molecular complexity index is 790. The fourth-order valence-electron chi connectivity index (χ4n) is 1.94. The molecule has 0 aromatic carbocycles. The number of pyridine rings is 2. The van der Waals surface area contributed by atoms with Crippen LogP contribution in [0.1, 0.15) is 5.69 Å². The van der Waals surface area contributed by atoms with E-state index in [0.717, 1.165) is 26.4 Å². The third-order valence-electron chi connectivity index (χ3n) is 2.96. The third kappa shape index (κ3) is 2.19. The highest BCUT2D eigenvalue weighted by Crippen LogP contribution is 2.32. The zero-order valence-electron chi connectivity index (χ0n) is 10.6. The molecule has 0 unspecified atom stereocenters. The molecular formula is C15H12N4S. The summed E-state index contributed by atoms with van der Waals surface area (Å²) in [4.78, 5) is 10.8. The molecule has 3 aromatic rings. The fraction of sp³-hybridized carbons (Fsp3) is 0. The van der Waals surface area contributed by atoms with Crippen LogP contribution in [0.3, 0.4) is 0 Å². The van der Waals surface area contributed by atoms with Gasteiger partial charge in [0.1, 0.15) is 4.83 Å². The zero-order chi connectivity index (χ0) is 13.9. The number of nitrogens with one attached hydrogen (secondary N) is 1. The van der Waals surface area contributed by atoms with E-state index in [9.17, 15) is 0 Å². The molecular weight excluding hydrogens is 268 g/mol. The lowest BCUT2D eigenvalue weighted by Crippen LogP contribution is -1.93. The van der Waals surface area contributed by atoms with Crippen LogP contribution in [0.15, 0.2) is 48.9 Å². The second kappa shape index (κ2) is 5.22. The average molecular weight is 280 g/mol. The highest BCUT2D eigenvalue weighted by Gasteiger charge is 2.07. The molecule has 5 heteroatoms. The van der Waals surface area contributed by atoms with Crippen molar-refractivity contribution < 1.29 is 0 Å². The zero-order valence-corrected chi connectivity index (χ0v) is 11.4. The Morgan fingerprint density at radius 3 is 2.90 bits per heavy atom. The number of hydrogen-bond donors (Lipinski definition) is 2. The summed E-state index contributed by atoms with van der Waals surface area (Å²) in [6.45, 7) is 0. The molecule has 3 heterocycles. The average Bonchev–Trinajstić information content (AvgIpc) is 2.93. The Labute approximate surface area is 120 Å². The van der Waals surface area contributed by atoms with E-state index in [1.54, 1.807) is 17.5 Å². The van der Waals surface area contributed by atoms with Crippen LogP contribution in [0.5, 0.6) is 0 Å². The van der Waals surface area contributed by atoms with Crippen molar-refractivity contribution in [2.45, 2.75) is 0 Å². The van der Waals surface area contributed by atoms with Crippen LogP contribution in [0, 0.1) is 5.41 Å². The summed E-state index contributed by atoms with van der Waals surface area (Å²) in [5, 5.41) is 8.41. The van der Waals surface area contributed by atoms with Gasteiger partial charge < -0.3 is 11.1 Å². The topological polar surface area (TPSA) is 75.7 Å². The van der Waals surface area contributed by atoms with Gasteiger partial charge in [-0.25, -0.2) is 4.98 Å². The number of aromatic nitrogens is 2. The number of nitrogens with zero attached hydrogens (tertiary/aromatic N) is 2. The van der Waals surface area contributed by atoms with Crippen LogP contribution in [0.25, 0.3) is 26.2 Å². The van der Waals surface area contributed by atoms with E-state index < -0.39 is 0 Å². The molecule has 0 aliphatic carbocycles. The molecule has 3 aromatic heterocycles. The smallest absolute Gasteiger partial charge is 0.124 e. The first kappa shape index (κ1) is 12.5. The van der Waals surface area contributed by atoms with E-state index in [0.29, 0.717) is 5.57 Å². The van der Waals surface area contributed by atoms with Gasteiger partial charge in [-0.3, -0.25) is 4.98 Å². The molecule has 4 nitrogen and oxygen atoms in total. The second-order valence-corrected chi connectivity index (χ2v) is 5.24. The predicted octanol–water partition coefficient (Wildman–Crippen LogP) is 3.31. The lowest BCUT2D eigenvalue weighted by molar-refractivity contribution is 1.33. The van der Waals surface area contributed by atoms with E-state index in [4.69, 9.17) is 11.1 Å². The van der Waals surface area contributed by atoms with E-state index in [2.05, 4.69) is 16.0 Å².